The first-order valence-corrected chi connectivity index (χ1v) is 9.06. The van der Waals surface area contributed by atoms with E-state index < -0.39 is 17.8 Å². The number of hydrogen-bond donors (Lipinski definition) is 1. The number of ether oxygens (including phenoxy) is 1. The quantitative estimate of drug-likeness (QED) is 0.532. The van der Waals surface area contributed by atoms with Crippen LogP contribution < -0.4 is 15.0 Å². The van der Waals surface area contributed by atoms with Crippen LogP contribution in [0.3, 0.4) is 0 Å². The summed E-state index contributed by atoms with van der Waals surface area (Å²) in [6.45, 7) is 0. The number of anilines is 1. The van der Waals surface area contributed by atoms with Crippen molar-refractivity contribution in [3.05, 3.63) is 62.1 Å². The van der Waals surface area contributed by atoms with Crippen molar-refractivity contribution in [2.45, 2.75) is 0 Å². The molecular formula is C18H11BrCl2N2O4. The van der Waals surface area contributed by atoms with E-state index in [1.54, 1.807) is 24.3 Å². The minimum absolute atomic E-state index is 0.223. The number of nitrogens with one attached hydrogen (secondary N) is 1. The van der Waals surface area contributed by atoms with E-state index in [9.17, 15) is 14.4 Å². The van der Waals surface area contributed by atoms with Gasteiger partial charge in [0.1, 0.15) is 5.57 Å². The van der Waals surface area contributed by atoms with Crippen molar-refractivity contribution in [1.82, 2.24) is 5.32 Å². The standard InChI is InChI=1S/C18H11BrCl2N2O4/c1-27-15-13(20)7-9(8-14(15)21)6-12-16(24)22-18(26)23(17(12)25)11-4-2-10(19)3-5-11/h2-8H,1H3,(H,22,24,26)/b12-6+. The van der Waals surface area contributed by atoms with Crippen molar-refractivity contribution in [2.75, 3.05) is 12.0 Å². The highest BCUT2D eigenvalue weighted by Gasteiger charge is 2.36. The molecule has 27 heavy (non-hydrogen) atoms. The third-order valence-electron chi connectivity index (χ3n) is 3.72. The molecule has 2 aromatic carbocycles. The number of benzene rings is 2. The van der Waals surface area contributed by atoms with Gasteiger partial charge in [-0.2, -0.15) is 0 Å². The zero-order valence-corrected chi connectivity index (χ0v) is 16.9. The minimum Gasteiger partial charge on any atom is -0.494 e. The number of amides is 4. The van der Waals surface area contributed by atoms with E-state index in [1.807, 2.05) is 0 Å². The van der Waals surface area contributed by atoms with Gasteiger partial charge in [0.15, 0.2) is 5.75 Å². The number of urea groups is 1. The lowest BCUT2D eigenvalue weighted by atomic mass is 10.1. The largest absolute Gasteiger partial charge is 0.494 e. The fourth-order valence-corrected chi connectivity index (χ4v) is 3.43. The SMILES string of the molecule is COc1c(Cl)cc(/C=C2\C(=O)NC(=O)N(c3ccc(Br)cc3)C2=O)cc1Cl. The van der Waals surface area contributed by atoms with Crippen molar-refractivity contribution in [3.63, 3.8) is 0 Å². The van der Waals surface area contributed by atoms with E-state index in [0.717, 1.165) is 9.37 Å². The second-order valence-corrected chi connectivity index (χ2v) is 7.18. The number of nitrogens with zero attached hydrogens (tertiary/aromatic N) is 1. The summed E-state index contributed by atoms with van der Waals surface area (Å²) in [7, 11) is 1.42. The predicted molar refractivity (Wildman–Crippen MR) is 106 cm³/mol. The van der Waals surface area contributed by atoms with Crippen LogP contribution in [0, 0.1) is 0 Å². The molecule has 1 aliphatic rings. The van der Waals surface area contributed by atoms with Gasteiger partial charge < -0.3 is 4.74 Å². The van der Waals surface area contributed by atoms with Crippen LogP contribution in [-0.4, -0.2) is 25.0 Å². The van der Waals surface area contributed by atoms with Crippen LogP contribution in [0.4, 0.5) is 10.5 Å². The maximum Gasteiger partial charge on any atom is 0.335 e. The lowest BCUT2D eigenvalue weighted by Gasteiger charge is -2.26. The fraction of sp³-hybridized carbons (Fsp3) is 0.0556. The number of barbiturate groups is 1. The van der Waals surface area contributed by atoms with Gasteiger partial charge in [-0.15, -0.1) is 0 Å². The Morgan fingerprint density at radius 2 is 1.67 bits per heavy atom. The summed E-state index contributed by atoms with van der Waals surface area (Å²) < 4.78 is 5.86. The van der Waals surface area contributed by atoms with Crippen molar-refractivity contribution < 1.29 is 19.1 Å². The van der Waals surface area contributed by atoms with Crippen LogP contribution >= 0.6 is 39.1 Å². The van der Waals surface area contributed by atoms with Crippen molar-refractivity contribution >= 4 is 68.7 Å². The molecule has 9 heteroatoms. The Bertz CT molecular complexity index is 966. The molecule has 2 aromatic rings. The summed E-state index contributed by atoms with van der Waals surface area (Å²) >= 11 is 15.5. The van der Waals surface area contributed by atoms with Crippen LogP contribution in [-0.2, 0) is 9.59 Å². The Hall–Kier alpha value is -2.35. The maximum absolute atomic E-state index is 12.8. The number of methoxy groups -OCH3 is 1. The molecule has 0 atom stereocenters. The number of rotatable bonds is 3. The highest BCUT2D eigenvalue weighted by molar-refractivity contribution is 9.10. The number of imide groups is 2. The van der Waals surface area contributed by atoms with Gasteiger partial charge in [-0.05, 0) is 48.0 Å². The van der Waals surface area contributed by atoms with Crippen LogP contribution in [0.25, 0.3) is 6.08 Å². The Balaban J connectivity index is 2.03. The molecule has 0 bridgehead atoms. The van der Waals surface area contributed by atoms with Crippen molar-refractivity contribution in [1.29, 1.82) is 0 Å². The Labute approximate surface area is 172 Å². The lowest BCUT2D eigenvalue weighted by molar-refractivity contribution is -0.122. The van der Waals surface area contributed by atoms with Gasteiger partial charge in [0.05, 0.1) is 22.8 Å². The van der Waals surface area contributed by atoms with E-state index in [0.29, 0.717) is 11.3 Å². The van der Waals surface area contributed by atoms with E-state index in [2.05, 4.69) is 21.2 Å². The molecule has 4 amide bonds. The molecular weight excluding hydrogens is 459 g/mol. The summed E-state index contributed by atoms with van der Waals surface area (Å²) in [5.74, 6) is -1.28. The van der Waals surface area contributed by atoms with Crippen LogP contribution in [0.5, 0.6) is 5.75 Å². The monoisotopic (exact) mass is 468 g/mol. The van der Waals surface area contributed by atoms with Gasteiger partial charge in [0.2, 0.25) is 0 Å². The molecule has 1 heterocycles. The molecule has 0 unspecified atom stereocenters. The maximum atomic E-state index is 12.8. The third-order valence-corrected chi connectivity index (χ3v) is 4.81. The molecule has 1 N–H and O–H groups in total. The first kappa shape index (κ1) is 19.4. The second-order valence-electron chi connectivity index (χ2n) is 5.45. The average molecular weight is 470 g/mol. The number of hydrogen-bond acceptors (Lipinski definition) is 4. The molecule has 0 aliphatic carbocycles. The molecule has 0 radical (unpaired) electrons. The zero-order valence-electron chi connectivity index (χ0n) is 13.8. The van der Waals surface area contributed by atoms with Crippen molar-refractivity contribution in [2.24, 2.45) is 0 Å². The summed E-state index contributed by atoms with van der Waals surface area (Å²) in [5, 5.41) is 2.60. The molecule has 1 saturated heterocycles. The summed E-state index contributed by atoms with van der Waals surface area (Å²) in [6.07, 6.45) is 1.31. The first-order valence-electron chi connectivity index (χ1n) is 7.52. The van der Waals surface area contributed by atoms with E-state index in [-0.39, 0.29) is 21.4 Å². The number of carbonyl (C=O) groups excluding carboxylic acids is 3. The van der Waals surface area contributed by atoms with Crippen LogP contribution in [0.2, 0.25) is 10.0 Å². The molecule has 1 fully saturated rings. The normalized spacial score (nSPS) is 15.9. The summed E-state index contributed by atoms with van der Waals surface area (Å²) in [5.41, 5.74) is 0.508. The number of halogens is 3. The third kappa shape index (κ3) is 3.85. The smallest absolute Gasteiger partial charge is 0.335 e. The summed E-state index contributed by atoms with van der Waals surface area (Å²) in [4.78, 5) is 38.0. The van der Waals surface area contributed by atoms with Gasteiger partial charge in [-0.3, -0.25) is 14.9 Å². The Kier molecular flexibility index (Phi) is 5.55. The first-order chi connectivity index (χ1) is 12.8. The molecule has 3 rings (SSSR count). The topological polar surface area (TPSA) is 75.7 Å². The second kappa shape index (κ2) is 7.72. The Morgan fingerprint density at radius 1 is 1.07 bits per heavy atom. The number of carbonyl (C=O) groups is 3. The lowest BCUT2D eigenvalue weighted by Crippen LogP contribution is -2.54. The average Bonchev–Trinajstić information content (AvgIpc) is 2.60. The summed E-state index contributed by atoms with van der Waals surface area (Å²) in [6, 6.07) is 8.69. The van der Waals surface area contributed by atoms with Gasteiger partial charge >= 0.3 is 6.03 Å². The highest BCUT2D eigenvalue weighted by atomic mass is 79.9. The van der Waals surface area contributed by atoms with Gasteiger partial charge in [-0.25, -0.2) is 9.69 Å². The molecule has 6 nitrogen and oxygen atoms in total. The zero-order chi connectivity index (χ0) is 19.7. The highest BCUT2D eigenvalue weighted by Crippen LogP contribution is 2.34. The van der Waals surface area contributed by atoms with Gasteiger partial charge in [0, 0.05) is 4.47 Å². The molecule has 0 saturated carbocycles. The van der Waals surface area contributed by atoms with E-state index in [1.165, 1.54) is 25.3 Å². The minimum atomic E-state index is -0.824. The molecule has 1 aliphatic heterocycles. The van der Waals surface area contributed by atoms with Crippen molar-refractivity contribution in [3.8, 4) is 5.75 Å². The Morgan fingerprint density at radius 3 is 2.22 bits per heavy atom. The van der Waals surface area contributed by atoms with Crippen LogP contribution in [0.1, 0.15) is 5.56 Å². The van der Waals surface area contributed by atoms with Crippen LogP contribution in [0.15, 0.2) is 46.4 Å². The fourth-order valence-electron chi connectivity index (χ4n) is 2.51. The van der Waals surface area contributed by atoms with Gasteiger partial charge in [-0.1, -0.05) is 39.1 Å². The predicted octanol–water partition coefficient (Wildman–Crippen LogP) is 4.43. The van der Waals surface area contributed by atoms with E-state index in [4.69, 9.17) is 27.9 Å². The van der Waals surface area contributed by atoms with E-state index >= 15 is 0 Å². The molecule has 0 spiro atoms. The molecule has 0 aromatic heterocycles. The molecule has 138 valence electrons. The van der Waals surface area contributed by atoms with Gasteiger partial charge in [0.25, 0.3) is 11.8 Å².